The van der Waals surface area contributed by atoms with Gasteiger partial charge in [-0.25, -0.2) is 18.2 Å². The van der Waals surface area contributed by atoms with Crippen LogP contribution in [0, 0.1) is 0 Å². The van der Waals surface area contributed by atoms with E-state index >= 15 is 0 Å². The number of rotatable bonds is 5. The van der Waals surface area contributed by atoms with Gasteiger partial charge in [-0.1, -0.05) is 63.2 Å². The molecule has 5 rings (SSSR count). The second-order valence-corrected chi connectivity index (χ2v) is 13.7. The molecule has 2 aliphatic rings. The molecule has 204 valence electrons. The first-order valence-corrected chi connectivity index (χ1v) is 15.1. The van der Waals surface area contributed by atoms with Gasteiger partial charge in [0.2, 0.25) is 0 Å². The van der Waals surface area contributed by atoms with E-state index in [1.165, 1.54) is 10.5 Å². The lowest BCUT2D eigenvalue weighted by Gasteiger charge is -2.23. The molecule has 0 bridgehead atoms. The van der Waals surface area contributed by atoms with E-state index in [2.05, 4.69) is 51.1 Å². The molecule has 1 aliphatic carbocycles. The Bertz CT molecular complexity index is 1580. The van der Waals surface area contributed by atoms with Gasteiger partial charge in [-0.15, -0.1) is 0 Å². The molecule has 0 radical (unpaired) electrons. The van der Waals surface area contributed by atoms with E-state index in [-0.39, 0.29) is 16.9 Å². The van der Waals surface area contributed by atoms with Gasteiger partial charge < -0.3 is 9.64 Å². The number of likely N-dealkylation sites (N-methyl/N-ethyl adjacent to an activating group) is 1. The lowest BCUT2D eigenvalue weighted by atomic mass is 9.86. The fraction of sp³-hybridized carbons (Fsp3) is 0.387. The van der Waals surface area contributed by atoms with Gasteiger partial charge >= 0.3 is 5.97 Å². The van der Waals surface area contributed by atoms with Crippen LogP contribution in [0.3, 0.4) is 0 Å². The summed E-state index contributed by atoms with van der Waals surface area (Å²) >= 11 is 0. The van der Waals surface area contributed by atoms with Crippen LogP contribution in [0.4, 0.5) is 0 Å². The smallest absolute Gasteiger partial charge is 0.339 e. The highest BCUT2D eigenvalue weighted by Gasteiger charge is 2.33. The fourth-order valence-corrected chi connectivity index (χ4v) is 7.15. The average Bonchev–Trinajstić information content (AvgIpc) is 3.47. The number of pyridine rings is 1. The Morgan fingerprint density at radius 3 is 2.46 bits per heavy atom. The third-order valence-corrected chi connectivity index (χ3v) is 9.49. The van der Waals surface area contributed by atoms with E-state index in [9.17, 15) is 18.0 Å². The third-order valence-electron chi connectivity index (χ3n) is 7.74. The Morgan fingerprint density at radius 1 is 1.08 bits per heavy atom. The van der Waals surface area contributed by atoms with E-state index in [0.717, 1.165) is 28.8 Å². The van der Waals surface area contributed by atoms with Crippen molar-refractivity contribution in [3.63, 3.8) is 0 Å². The molecule has 1 atom stereocenters. The minimum atomic E-state index is -3.13. The van der Waals surface area contributed by atoms with Gasteiger partial charge in [-0.2, -0.15) is 0 Å². The van der Waals surface area contributed by atoms with Crippen LogP contribution in [0.5, 0.6) is 0 Å². The maximum Gasteiger partial charge on any atom is 0.339 e. The summed E-state index contributed by atoms with van der Waals surface area (Å²) in [6, 6.07) is 15.6. The summed E-state index contributed by atoms with van der Waals surface area (Å²) in [4.78, 5) is 32.5. The lowest BCUT2D eigenvalue weighted by molar-refractivity contribution is -0.134. The van der Waals surface area contributed by atoms with E-state index in [0.29, 0.717) is 29.3 Å². The number of benzene rings is 2. The topological polar surface area (TPSA) is 93.6 Å². The monoisotopic (exact) mass is 546 g/mol. The zero-order chi connectivity index (χ0) is 27.9. The van der Waals surface area contributed by atoms with Crippen LogP contribution < -0.4 is 0 Å². The van der Waals surface area contributed by atoms with Crippen LogP contribution in [0.2, 0.25) is 0 Å². The zero-order valence-corrected chi connectivity index (χ0v) is 23.7. The average molecular weight is 547 g/mol. The molecule has 39 heavy (non-hydrogen) atoms. The Morgan fingerprint density at radius 2 is 1.79 bits per heavy atom. The van der Waals surface area contributed by atoms with Gasteiger partial charge in [0.1, 0.15) is 0 Å². The van der Waals surface area contributed by atoms with Gasteiger partial charge in [0.05, 0.1) is 28.3 Å². The summed E-state index contributed by atoms with van der Waals surface area (Å²) in [5.74, 6) is -0.971. The van der Waals surface area contributed by atoms with Crippen molar-refractivity contribution >= 4 is 44.3 Å². The number of carbonyl (C=O) groups is 2. The quantitative estimate of drug-likeness (QED) is 0.426. The van der Waals surface area contributed by atoms with Crippen LogP contribution >= 0.6 is 0 Å². The molecule has 2 aromatic carbocycles. The maximum absolute atomic E-state index is 13.4. The van der Waals surface area contributed by atoms with E-state index < -0.39 is 34.4 Å². The second kappa shape index (κ2) is 10.2. The predicted octanol–water partition coefficient (Wildman–Crippen LogP) is 4.82. The summed E-state index contributed by atoms with van der Waals surface area (Å²) in [5.41, 5.74) is 6.24. The Labute approximate surface area is 229 Å². The molecule has 1 amide bonds. The molecule has 1 aliphatic heterocycles. The number of para-hydroxylation sites is 1. The summed E-state index contributed by atoms with van der Waals surface area (Å²) in [7, 11) is -1.57. The summed E-state index contributed by atoms with van der Waals surface area (Å²) in [5, 5.41) is 0.694. The highest BCUT2D eigenvalue weighted by Crippen LogP contribution is 2.38. The molecule has 1 fully saturated rings. The van der Waals surface area contributed by atoms with Crippen molar-refractivity contribution in [1.29, 1.82) is 0 Å². The predicted molar refractivity (Wildman–Crippen MR) is 153 cm³/mol. The number of fused-ring (bicyclic) bond motifs is 2. The second-order valence-electron chi connectivity index (χ2n) is 11.5. The van der Waals surface area contributed by atoms with E-state index in [4.69, 9.17) is 9.72 Å². The van der Waals surface area contributed by atoms with Gasteiger partial charge in [0, 0.05) is 18.5 Å². The van der Waals surface area contributed by atoms with Crippen molar-refractivity contribution in [2.24, 2.45) is 0 Å². The fourth-order valence-electron chi connectivity index (χ4n) is 5.38. The largest absolute Gasteiger partial charge is 0.452 e. The Hall–Kier alpha value is -3.52. The minimum absolute atomic E-state index is 0.0558. The van der Waals surface area contributed by atoms with Gasteiger partial charge in [0.25, 0.3) is 5.91 Å². The van der Waals surface area contributed by atoms with Crippen LogP contribution in [0.15, 0.2) is 48.5 Å². The normalized spacial score (nSPS) is 19.3. The standard InChI is InChI=1S/C31H34N2O5S/c1-31(2,3)22-12-9-20(10-13-22)17-21-11-14-25-28(24-7-5-6-8-26(24)32-29(21)25)30(35)38-18-27(34)33(4)23-15-16-39(36,37)19-23/h5-10,12-13,17,23H,11,14-16,18-19H2,1-4H3. The molecule has 0 spiro atoms. The molecule has 8 heteroatoms. The first-order valence-electron chi connectivity index (χ1n) is 13.3. The van der Waals surface area contributed by atoms with Crippen LogP contribution in [0.1, 0.15) is 66.4 Å². The molecule has 0 saturated carbocycles. The molecule has 1 aromatic heterocycles. The van der Waals surface area contributed by atoms with Crippen molar-refractivity contribution in [3.05, 3.63) is 76.5 Å². The number of allylic oxidation sites excluding steroid dienone is 1. The molecule has 0 N–H and O–H groups in total. The molecular formula is C31H34N2O5S. The molecule has 1 unspecified atom stereocenters. The number of sulfone groups is 1. The number of ether oxygens (including phenoxy) is 1. The SMILES string of the molecule is CN(C(=O)COC(=O)c1c2c(nc3ccccc13)C(=Cc1ccc(C(C)(C)C)cc1)CC2)C1CCS(=O)(=O)C1. The lowest BCUT2D eigenvalue weighted by Crippen LogP contribution is -2.40. The number of carbonyl (C=O) groups excluding carboxylic acids is 2. The number of nitrogens with zero attached hydrogens (tertiary/aromatic N) is 2. The summed E-state index contributed by atoms with van der Waals surface area (Å²) in [6.07, 6.45) is 3.92. The van der Waals surface area contributed by atoms with E-state index in [1.807, 2.05) is 24.3 Å². The summed E-state index contributed by atoms with van der Waals surface area (Å²) < 4.78 is 29.2. The highest BCUT2D eigenvalue weighted by molar-refractivity contribution is 7.91. The maximum atomic E-state index is 13.4. The van der Waals surface area contributed by atoms with Crippen molar-refractivity contribution in [2.45, 2.75) is 51.5 Å². The summed E-state index contributed by atoms with van der Waals surface area (Å²) in [6.45, 7) is 6.12. The van der Waals surface area contributed by atoms with Gasteiger partial charge in [-0.05, 0) is 59.1 Å². The first-order chi connectivity index (χ1) is 18.4. The zero-order valence-electron chi connectivity index (χ0n) is 22.9. The molecule has 1 saturated heterocycles. The van der Waals surface area contributed by atoms with Crippen LogP contribution in [-0.4, -0.2) is 61.4 Å². The number of hydrogen-bond donors (Lipinski definition) is 0. The first kappa shape index (κ1) is 27.1. The molecule has 2 heterocycles. The van der Waals surface area contributed by atoms with Gasteiger partial charge in [0.15, 0.2) is 16.4 Å². The molecule has 7 nitrogen and oxygen atoms in total. The third kappa shape index (κ3) is 5.62. The Balaban J connectivity index is 1.41. The minimum Gasteiger partial charge on any atom is -0.452 e. The van der Waals surface area contributed by atoms with E-state index in [1.54, 1.807) is 7.05 Å². The number of hydrogen-bond acceptors (Lipinski definition) is 6. The van der Waals surface area contributed by atoms with Crippen LogP contribution in [-0.2, 0) is 31.2 Å². The number of aromatic nitrogens is 1. The number of amides is 1. The number of esters is 1. The van der Waals surface area contributed by atoms with Crippen LogP contribution in [0.25, 0.3) is 22.6 Å². The van der Waals surface area contributed by atoms with Crippen molar-refractivity contribution in [1.82, 2.24) is 9.88 Å². The van der Waals surface area contributed by atoms with Gasteiger partial charge in [-0.3, -0.25) is 4.79 Å². The Kier molecular flexibility index (Phi) is 7.10. The van der Waals surface area contributed by atoms with Crippen molar-refractivity contribution < 1.29 is 22.7 Å². The molecular weight excluding hydrogens is 512 g/mol. The highest BCUT2D eigenvalue weighted by atomic mass is 32.2. The molecule has 3 aromatic rings. The van der Waals surface area contributed by atoms with Crippen molar-refractivity contribution in [2.75, 3.05) is 25.2 Å². The van der Waals surface area contributed by atoms with Crippen molar-refractivity contribution in [3.8, 4) is 0 Å².